The highest BCUT2D eigenvalue weighted by atomic mass is 16.5. The van der Waals surface area contributed by atoms with Gasteiger partial charge in [-0.05, 0) is 39.9 Å². The molecule has 1 rings (SSSR count). The predicted molar refractivity (Wildman–Crippen MR) is 84.1 cm³/mol. The van der Waals surface area contributed by atoms with Crippen molar-refractivity contribution >= 4 is 0 Å². The van der Waals surface area contributed by atoms with Gasteiger partial charge in [0.15, 0.2) is 0 Å². The smallest absolute Gasteiger partial charge is 0.213 e. The molecule has 0 fully saturated rings. The van der Waals surface area contributed by atoms with E-state index in [0.717, 1.165) is 31.9 Å². The van der Waals surface area contributed by atoms with Gasteiger partial charge in [-0.15, -0.1) is 0 Å². The molecule has 0 saturated heterocycles. The predicted octanol–water partition coefficient (Wildman–Crippen LogP) is 2.69. The van der Waals surface area contributed by atoms with Crippen molar-refractivity contribution in [1.29, 1.82) is 0 Å². The van der Waals surface area contributed by atoms with Gasteiger partial charge in [-0.3, -0.25) is 0 Å². The lowest BCUT2D eigenvalue weighted by molar-refractivity contribution is 0.217. The highest BCUT2D eigenvalue weighted by Crippen LogP contribution is 2.09. The molecule has 4 nitrogen and oxygen atoms in total. The first-order valence-corrected chi connectivity index (χ1v) is 7.50. The van der Waals surface area contributed by atoms with Crippen molar-refractivity contribution in [3.63, 3.8) is 0 Å². The van der Waals surface area contributed by atoms with Gasteiger partial charge in [-0.2, -0.15) is 0 Å². The number of nitrogens with zero attached hydrogens (tertiary/aromatic N) is 2. The highest BCUT2D eigenvalue weighted by Gasteiger charge is 2.09. The van der Waals surface area contributed by atoms with Crippen molar-refractivity contribution in [2.24, 2.45) is 0 Å². The molecule has 0 radical (unpaired) electrons. The van der Waals surface area contributed by atoms with E-state index in [1.807, 2.05) is 18.2 Å². The Morgan fingerprint density at radius 2 is 1.90 bits per heavy atom. The van der Waals surface area contributed by atoms with Gasteiger partial charge in [0.25, 0.3) is 0 Å². The van der Waals surface area contributed by atoms with Crippen LogP contribution in [0.1, 0.15) is 40.3 Å². The zero-order valence-electron chi connectivity index (χ0n) is 13.6. The maximum absolute atomic E-state index is 5.73. The summed E-state index contributed by atoms with van der Waals surface area (Å²) in [6.45, 7) is 15.3. The Morgan fingerprint density at radius 3 is 2.50 bits per heavy atom. The van der Waals surface area contributed by atoms with Crippen LogP contribution in [0, 0.1) is 0 Å². The van der Waals surface area contributed by atoms with Gasteiger partial charge >= 0.3 is 0 Å². The van der Waals surface area contributed by atoms with Crippen molar-refractivity contribution in [2.45, 2.75) is 46.7 Å². The van der Waals surface area contributed by atoms with E-state index in [0.29, 0.717) is 12.5 Å². The molecule has 0 aromatic carbocycles. The van der Waals surface area contributed by atoms with E-state index in [1.165, 1.54) is 0 Å². The van der Waals surface area contributed by atoms with Gasteiger partial charge in [0.1, 0.15) is 6.61 Å². The van der Waals surface area contributed by atoms with Crippen LogP contribution < -0.4 is 10.1 Å². The van der Waals surface area contributed by atoms with E-state index in [2.05, 4.69) is 49.8 Å². The lowest BCUT2D eigenvalue weighted by Gasteiger charge is -2.20. The normalized spacial score (nSPS) is 11.9. The molecule has 0 spiro atoms. The second kappa shape index (κ2) is 8.22. The van der Waals surface area contributed by atoms with E-state index in [1.54, 1.807) is 0 Å². The third-order valence-corrected chi connectivity index (χ3v) is 3.13. The summed E-state index contributed by atoms with van der Waals surface area (Å²) in [6, 6.07) is 5.94. The topological polar surface area (TPSA) is 37.4 Å². The molecule has 0 amide bonds. The van der Waals surface area contributed by atoms with Crippen LogP contribution in [-0.4, -0.2) is 41.7 Å². The molecule has 114 valence electrons. The molecule has 1 aromatic heterocycles. The molecule has 20 heavy (non-hydrogen) atoms. The number of ether oxygens (including phenoxy) is 1. The summed E-state index contributed by atoms with van der Waals surface area (Å²) < 4.78 is 5.73. The SMILES string of the molecule is CCN(CC)CCOc1cccc(CNC(C)(C)C)n1. The number of rotatable bonds is 8. The van der Waals surface area contributed by atoms with Crippen molar-refractivity contribution in [3.05, 3.63) is 23.9 Å². The Balaban J connectivity index is 2.43. The molecule has 0 atom stereocenters. The first-order valence-electron chi connectivity index (χ1n) is 7.50. The molecule has 1 aromatic rings. The maximum atomic E-state index is 5.73. The van der Waals surface area contributed by atoms with E-state index in [-0.39, 0.29) is 5.54 Å². The standard InChI is InChI=1S/C16H29N3O/c1-6-19(7-2)11-12-20-15-10-8-9-14(18-15)13-17-16(3,4)5/h8-10,17H,6-7,11-13H2,1-5H3. The Kier molecular flexibility index (Phi) is 6.96. The third-order valence-electron chi connectivity index (χ3n) is 3.13. The van der Waals surface area contributed by atoms with Crippen LogP contribution in [0.4, 0.5) is 0 Å². The summed E-state index contributed by atoms with van der Waals surface area (Å²) in [5, 5.41) is 3.43. The molecule has 0 aliphatic rings. The van der Waals surface area contributed by atoms with E-state index < -0.39 is 0 Å². The molecule has 1 N–H and O–H groups in total. The first kappa shape index (κ1) is 16.9. The summed E-state index contributed by atoms with van der Waals surface area (Å²) >= 11 is 0. The fraction of sp³-hybridized carbons (Fsp3) is 0.688. The molecule has 4 heteroatoms. The lowest BCUT2D eigenvalue weighted by Crippen LogP contribution is -2.35. The van der Waals surface area contributed by atoms with Crippen LogP contribution in [0.25, 0.3) is 0 Å². The monoisotopic (exact) mass is 279 g/mol. The maximum Gasteiger partial charge on any atom is 0.213 e. The Morgan fingerprint density at radius 1 is 1.20 bits per heavy atom. The fourth-order valence-electron chi connectivity index (χ4n) is 1.81. The summed E-state index contributed by atoms with van der Waals surface area (Å²) in [4.78, 5) is 6.86. The van der Waals surface area contributed by atoms with Gasteiger partial charge in [0.2, 0.25) is 5.88 Å². The van der Waals surface area contributed by atoms with Crippen molar-refractivity contribution in [3.8, 4) is 5.88 Å². The van der Waals surface area contributed by atoms with Crippen LogP contribution >= 0.6 is 0 Å². The quantitative estimate of drug-likeness (QED) is 0.794. The number of hydrogen-bond donors (Lipinski definition) is 1. The Labute approximate surface area is 123 Å². The molecule has 0 unspecified atom stereocenters. The fourth-order valence-corrected chi connectivity index (χ4v) is 1.81. The second-order valence-corrected chi connectivity index (χ2v) is 5.95. The molecule has 0 aliphatic carbocycles. The van der Waals surface area contributed by atoms with E-state index >= 15 is 0 Å². The van der Waals surface area contributed by atoms with Crippen molar-refractivity contribution in [2.75, 3.05) is 26.2 Å². The van der Waals surface area contributed by atoms with E-state index in [4.69, 9.17) is 4.74 Å². The average molecular weight is 279 g/mol. The van der Waals surface area contributed by atoms with Gasteiger partial charge < -0.3 is 15.0 Å². The third kappa shape index (κ3) is 6.87. The summed E-state index contributed by atoms with van der Waals surface area (Å²) in [7, 11) is 0. The minimum absolute atomic E-state index is 0.0985. The van der Waals surface area contributed by atoms with Crippen LogP contribution in [0.3, 0.4) is 0 Å². The number of hydrogen-bond acceptors (Lipinski definition) is 4. The van der Waals surface area contributed by atoms with Crippen molar-refractivity contribution < 1.29 is 4.74 Å². The molecule has 0 bridgehead atoms. The summed E-state index contributed by atoms with van der Waals surface area (Å²) in [5.74, 6) is 0.713. The highest BCUT2D eigenvalue weighted by molar-refractivity contribution is 5.15. The van der Waals surface area contributed by atoms with Gasteiger partial charge in [0.05, 0.1) is 5.69 Å². The molecule has 0 saturated carbocycles. The van der Waals surface area contributed by atoms with Crippen LogP contribution in [0.15, 0.2) is 18.2 Å². The Bertz CT molecular complexity index is 384. The number of pyridine rings is 1. The van der Waals surface area contributed by atoms with Gasteiger partial charge in [0, 0.05) is 24.7 Å². The zero-order chi connectivity index (χ0) is 15.0. The number of likely N-dealkylation sites (N-methyl/N-ethyl adjacent to an activating group) is 1. The molecular formula is C16H29N3O. The molecule has 0 aliphatic heterocycles. The van der Waals surface area contributed by atoms with Crippen molar-refractivity contribution in [1.82, 2.24) is 15.2 Å². The van der Waals surface area contributed by atoms with Gasteiger partial charge in [-0.25, -0.2) is 4.98 Å². The van der Waals surface area contributed by atoms with Gasteiger partial charge in [-0.1, -0.05) is 19.9 Å². The molecule has 1 heterocycles. The Hall–Kier alpha value is -1.13. The minimum Gasteiger partial charge on any atom is -0.476 e. The summed E-state index contributed by atoms with van der Waals surface area (Å²) in [5.41, 5.74) is 1.11. The van der Waals surface area contributed by atoms with Crippen LogP contribution in [-0.2, 0) is 6.54 Å². The second-order valence-electron chi connectivity index (χ2n) is 5.95. The summed E-state index contributed by atoms with van der Waals surface area (Å²) in [6.07, 6.45) is 0. The number of aromatic nitrogens is 1. The minimum atomic E-state index is 0.0985. The lowest BCUT2D eigenvalue weighted by atomic mass is 10.1. The zero-order valence-corrected chi connectivity index (χ0v) is 13.6. The first-order chi connectivity index (χ1) is 9.44. The largest absolute Gasteiger partial charge is 0.476 e. The van der Waals surface area contributed by atoms with E-state index in [9.17, 15) is 0 Å². The molecular weight excluding hydrogens is 250 g/mol. The number of nitrogens with one attached hydrogen (secondary N) is 1. The van der Waals surface area contributed by atoms with Crippen LogP contribution in [0.2, 0.25) is 0 Å². The van der Waals surface area contributed by atoms with Crippen LogP contribution in [0.5, 0.6) is 5.88 Å². The average Bonchev–Trinajstić information content (AvgIpc) is 2.41.